The van der Waals surface area contributed by atoms with Crippen LogP contribution in [0.15, 0.2) is 42.1 Å². The highest BCUT2D eigenvalue weighted by atomic mass is 35.5. The van der Waals surface area contributed by atoms with Crippen LogP contribution in [-0.4, -0.2) is 10.4 Å². The Morgan fingerprint density at radius 1 is 1.25 bits per heavy atom. The van der Waals surface area contributed by atoms with Gasteiger partial charge in [0.2, 0.25) is 5.78 Å². The number of carbonyl (C=O) groups is 1. The Morgan fingerprint density at radius 3 is 2.40 bits per heavy atom. The molecular weight excluding hydrogens is 295 g/mol. The fourth-order valence-corrected chi connectivity index (χ4v) is 2.28. The summed E-state index contributed by atoms with van der Waals surface area (Å²) in [6.45, 7) is 0. The minimum absolute atomic E-state index is 0.0122. The third-order valence-electron chi connectivity index (χ3n) is 2.83. The normalized spacial score (nSPS) is 11.2. The molecule has 0 saturated carbocycles. The molecule has 0 bridgehead atoms. The molecule has 1 aromatic heterocycles. The van der Waals surface area contributed by atoms with Crippen molar-refractivity contribution in [1.82, 2.24) is 4.57 Å². The van der Waals surface area contributed by atoms with Crippen molar-refractivity contribution >= 4 is 35.1 Å². The number of allylic oxidation sites excluding steroid dienone is 1. The molecule has 0 aliphatic rings. The van der Waals surface area contributed by atoms with Crippen molar-refractivity contribution in [3.8, 4) is 6.07 Å². The number of aryl methyl sites for hydroxylation is 1. The number of rotatable bonds is 3. The van der Waals surface area contributed by atoms with E-state index >= 15 is 0 Å². The minimum atomic E-state index is -0.365. The highest BCUT2D eigenvalue weighted by Gasteiger charge is 2.16. The molecule has 1 aromatic carbocycles. The van der Waals surface area contributed by atoms with Crippen molar-refractivity contribution in [2.45, 2.75) is 0 Å². The molecular formula is C15H10Cl2N2O. The van der Waals surface area contributed by atoms with Crippen LogP contribution in [0, 0.1) is 11.3 Å². The van der Waals surface area contributed by atoms with Crippen LogP contribution in [0.4, 0.5) is 0 Å². The second kappa shape index (κ2) is 5.96. The van der Waals surface area contributed by atoms with Gasteiger partial charge in [0.15, 0.2) is 0 Å². The lowest BCUT2D eigenvalue weighted by Crippen LogP contribution is -2.07. The maximum Gasteiger partial charge on any atom is 0.219 e. The van der Waals surface area contributed by atoms with E-state index in [9.17, 15) is 10.1 Å². The molecule has 0 atom stereocenters. The van der Waals surface area contributed by atoms with Gasteiger partial charge in [0.25, 0.3) is 0 Å². The van der Waals surface area contributed by atoms with Gasteiger partial charge in [-0.1, -0.05) is 29.3 Å². The Morgan fingerprint density at radius 2 is 1.90 bits per heavy atom. The molecule has 2 rings (SSSR count). The number of hydrogen-bond donors (Lipinski definition) is 0. The molecule has 1 heterocycles. The molecule has 0 aliphatic heterocycles. The largest absolute Gasteiger partial charge is 0.348 e. The van der Waals surface area contributed by atoms with Crippen LogP contribution in [0.3, 0.4) is 0 Å². The molecule has 100 valence electrons. The molecule has 2 aromatic rings. The Hall–Kier alpha value is -2.02. The van der Waals surface area contributed by atoms with Crippen LogP contribution in [0.2, 0.25) is 10.0 Å². The fourth-order valence-electron chi connectivity index (χ4n) is 1.78. The predicted octanol–water partition coefficient (Wildman–Crippen LogP) is 4.12. The van der Waals surface area contributed by atoms with Gasteiger partial charge in [-0.3, -0.25) is 4.79 Å². The first-order chi connectivity index (χ1) is 9.54. The number of carbonyl (C=O) groups excluding carboxylic acids is 1. The highest BCUT2D eigenvalue weighted by molar-refractivity contribution is 6.37. The van der Waals surface area contributed by atoms with E-state index in [1.54, 1.807) is 48.1 Å². The average Bonchev–Trinajstić information content (AvgIpc) is 2.84. The monoisotopic (exact) mass is 304 g/mol. The Kier molecular flexibility index (Phi) is 4.29. The van der Waals surface area contributed by atoms with Gasteiger partial charge in [-0.2, -0.15) is 5.26 Å². The average molecular weight is 305 g/mol. The minimum Gasteiger partial charge on any atom is -0.348 e. The van der Waals surface area contributed by atoms with Crippen molar-refractivity contribution in [2.24, 2.45) is 7.05 Å². The van der Waals surface area contributed by atoms with E-state index in [2.05, 4.69) is 0 Å². The van der Waals surface area contributed by atoms with Crippen molar-refractivity contribution in [2.75, 3.05) is 0 Å². The molecule has 0 aliphatic carbocycles. The summed E-state index contributed by atoms with van der Waals surface area (Å²) in [6, 6.07) is 10.3. The summed E-state index contributed by atoms with van der Waals surface area (Å²) in [5.41, 5.74) is 0.887. The number of Topliss-reactive ketones (excluding diaryl/α,β-unsaturated/α-hetero) is 1. The Labute approximate surface area is 126 Å². The van der Waals surface area contributed by atoms with Gasteiger partial charge in [0.1, 0.15) is 11.6 Å². The smallest absolute Gasteiger partial charge is 0.219 e. The topological polar surface area (TPSA) is 45.8 Å². The summed E-state index contributed by atoms with van der Waals surface area (Å²) in [5, 5.41) is 9.98. The first kappa shape index (κ1) is 14.4. The second-order valence-corrected chi connectivity index (χ2v) is 4.95. The zero-order valence-electron chi connectivity index (χ0n) is 10.6. The molecule has 0 spiro atoms. The summed E-state index contributed by atoms with van der Waals surface area (Å²) in [6.07, 6.45) is 3.16. The van der Waals surface area contributed by atoms with Crippen LogP contribution >= 0.6 is 23.2 Å². The van der Waals surface area contributed by atoms with Gasteiger partial charge in [-0.15, -0.1) is 0 Å². The van der Waals surface area contributed by atoms with Gasteiger partial charge >= 0.3 is 0 Å². The maximum absolute atomic E-state index is 12.3. The lowest BCUT2D eigenvalue weighted by molar-refractivity contribution is 0.103. The van der Waals surface area contributed by atoms with Crippen LogP contribution in [0.1, 0.15) is 16.1 Å². The molecule has 0 N–H and O–H groups in total. The zero-order chi connectivity index (χ0) is 14.7. The van der Waals surface area contributed by atoms with Crippen molar-refractivity contribution < 1.29 is 4.79 Å². The number of benzene rings is 1. The molecule has 20 heavy (non-hydrogen) atoms. The van der Waals surface area contributed by atoms with Crippen LogP contribution in [0.25, 0.3) is 6.08 Å². The number of ketones is 1. The third-order valence-corrected chi connectivity index (χ3v) is 3.49. The van der Waals surface area contributed by atoms with E-state index in [0.29, 0.717) is 21.3 Å². The number of aromatic nitrogens is 1. The quantitative estimate of drug-likeness (QED) is 0.486. The molecule has 3 nitrogen and oxygen atoms in total. The Bertz CT molecular complexity index is 718. The van der Waals surface area contributed by atoms with Crippen LogP contribution in [-0.2, 0) is 7.05 Å². The molecule has 0 radical (unpaired) electrons. The standard InChI is InChI=1S/C15H10Cl2N2O/c1-19-7-3-6-14(19)15(20)10(9-18)8-11-12(16)4-2-5-13(11)17/h2-8H,1H3/b10-8-. The summed E-state index contributed by atoms with van der Waals surface area (Å²) >= 11 is 12.1. The van der Waals surface area contributed by atoms with Gasteiger partial charge in [0.05, 0.1) is 5.69 Å². The number of halogens is 2. The van der Waals surface area contributed by atoms with Crippen molar-refractivity contribution in [3.05, 3.63) is 63.4 Å². The van der Waals surface area contributed by atoms with Gasteiger partial charge in [0, 0.05) is 28.9 Å². The lowest BCUT2D eigenvalue weighted by atomic mass is 10.1. The van der Waals surface area contributed by atoms with E-state index < -0.39 is 0 Å². The van der Waals surface area contributed by atoms with Crippen LogP contribution < -0.4 is 0 Å². The summed E-state index contributed by atoms with van der Waals surface area (Å²) in [5.74, 6) is -0.365. The molecule has 0 saturated heterocycles. The third kappa shape index (κ3) is 2.77. The molecule has 0 amide bonds. The molecule has 0 unspecified atom stereocenters. The summed E-state index contributed by atoms with van der Waals surface area (Å²) < 4.78 is 1.65. The van der Waals surface area contributed by atoms with Crippen molar-refractivity contribution in [1.29, 1.82) is 5.26 Å². The highest BCUT2D eigenvalue weighted by Crippen LogP contribution is 2.27. The fraction of sp³-hybridized carbons (Fsp3) is 0.0667. The van der Waals surface area contributed by atoms with Crippen molar-refractivity contribution in [3.63, 3.8) is 0 Å². The molecule has 0 fully saturated rings. The maximum atomic E-state index is 12.3. The first-order valence-electron chi connectivity index (χ1n) is 5.76. The van der Waals surface area contributed by atoms with E-state index in [4.69, 9.17) is 23.2 Å². The number of nitriles is 1. The predicted molar refractivity (Wildman–Crippen MR) is 79.8 cm³/mol. The number of nitrogens with zero attached hydrogens (tertiary/aromatic N) is 2. The SMILES string of the molecule is Cn1cccc1C(=O)/C(C#N)=C\c1c(Cl)cccc1Cl. The first-order valence-corrected chi connectivity index (χ1v) is 6.52. The second-order valence-electron chi connectivity index (χ2n) is 4.14. The lowest BCUT2D eigenvalue weighted by Gasteiger charge is -2.04. The van der Waals surface area contributed by atoms with E-state index in [-0.39, 0.29) is 11.4 Å². The van der Waals surface area contributed by atoms with Gasteiger partial charge < -0.3 is 4.57 Å². The van der Waals surface area contributed by atoms with Gasteiger partial charge in [-0.25, -0.2) is 0 Å². The van der Waals surface area contributed by atoms with E-state index in [1.165, 1.54) is 6.08 Å². The van der Waals surface area contributed by atoms with E-state index in [0.717, 1.165) is 0 Å². The Balaban J connectivity index is 2.49. The summed E-state index contributed by atoms with van der Waals surface area (Å²) in [7, 11) is 1.74. The van der Waals surface area contributed by atoms with Crippen LogP contribution in [0.5, 0.6) is 0 Å². The summed E-state index contributed by atoms with van der Waals surface area (Å²) in [4.78, 5) is 12.3. The zero-order valence-corrected chi connectivity index (χ0v) is 12.1. The van der Waals surface area contributed by atoms with Gasteiger partial charge in [-0.05, 0) is 30.3 Å². The molecule has 5 heteroatoms. The van der Waals surface area contributed by atoms with E-state index in [1.807, 2.05) is 6.07 Å². The number of hydrogen-bond acceptors (Lipinski definition) is 2.